The van der Waals surface area contributed by atoms with Crippen LogP contribution in [0.3, 0.4) is 0 Å². The third-order valence-electron chi connectivity index (χ3n) is 2.83. The second-order valence-corrected chi connectivity index (χ2v) is 5.28. The maximum Gasteiger partial charge on any atom is 0.135 e. The van der Waals surface area contributed by atoms with Gasteiger partial charge >= 0.3 is 0 Å². The average Bonchev–Trinajstić information content (AvgIpc) is 2.88. The number of fused-ring (bicyclic) bond motifs is 1. The first-order valence-electron chi connectivity index (χ1n) is 6.03. The van der Waals surface area contributed by atoms with Crippen LogP contribution < -0.4 is 0 Å². The first-order chi connectivity index (χ1) is 9.76. The molecule has 3 nitrogen and oxygen atoms in total. The van der Waals surface area contributed by atoms with Gasteiger partial charge in [0.05, 0.1) is 15.8 Å². The summed E-state index contributed by atoms with van der Waals surface area (Å²) in [7, 11) is 0. The number of hydrogen-bond donors (Lipinski definition) is 1. The van der Waals surface area contributed by atoms with Crippen molar-refractivity contribution in [1.82, 2.24) is 4.98 Å². The number of allylic oxidation sites excluding steroid dienone is 1. The van der Waals surface area contributed by atoms with Crippen molar-refractivity contribution >= 4 is 33.2 Å². The number of thiazole rings is 1. The second-order valence-electron chi connectivity index (χ2n) is 4.25. The molecule has 3 rings (SSSR count). The number of aromatic nitrogens is 1. The Morgan fingerprint density at radius 1 is 1.20 bits per heavy atom. The molecular weight excluding hydrogens is 268 g/mol. The molecule has 4 heteroatoms. The molecule has 1 N–H and O–H groups in total. The average molecular weight is 278 g/mol. The molecule has 0 aliphatic heterocycles. The lowest BCUT2D eigenvalue weighted by atomic mass is 10.1. The highest BCUT2D eigenvalue weighted by Crippen LogP contribution is 2.28. The molecule has 20 heavy (non-hydrogen) atoms. The summed E-state index contributed by atoms with van der Waals surface area (Å²) in [5.74, 6) is 0.181. The predicted molar refractivity (Wildman–Crippen MR) is 81.2 cm³/mol. The molecule has 1 aromatic heterocycles. The normalized spacial score (nSPS) is 11.4. The minimum atomic E-state index is 0.181. The van der Waals surface area contributed by atoms with Gasteiger partial charge in [0, 0.05) is 0 Å². The van der Waals surface area contributed by atoms with Gasteiger partial charge in [0.1, 0.15) is 16.8 Å². The number of phenols is 1. The van der Waals surface area contributed by atoms with Crippen molar-refractivity contribution in [1.29, 1.82) is 5.26 Å². The van der Waals surface area contributed by atoms with Crippen LogP contribution in [0.15, 0.2) is 48.5 Å². The Morgan fingerprint density at radius 3 is 2.80 bits per heavy atom. The summed E-state index contributed by atoms with van der Waals surface area (Å²) < 4.78 is 1.06. The number of benzene rings is 2. The summed E-state index contributed by atoms with van der Waals surface area (Å²) in [4.78, 5) is 4.47. The fourth-order valence-electron chi connectivity index (χ4n) is 1.91. The maximum atomic E-state index is 9.46. The zero-order valence-electron chi connectivity index (χ0n) is 10.4. The van der Waals surface area contributed by atoms with E-state index in [0.717, 1.165) is 15.8 Å². The van der Waals surface area contributed by atoms with E-state index < -0.39 is 0 Å². The molecule has 1 heterocycles. The molecule has 0 amide bonds. The van der Waals surface area contributed by atoms with Gasteiger partial charge in [-0.1, -0.05) is 24.3 Å². The fraction of sp³-hybridized carbons (Fsp3) is 0. The lowest BCUT2D eigenvalue weighted by Gasteiger charge is -1.96. The van der Waals surface area contributed by atoms with Gasteiger partial charge < -0.3 is 5.11 Å². The van der Waals surface area contributed by atoms with Crippen LogP contribution in [0.25, 0.3) is 21.9 Å². The lowest BCUT2D eigenvalue weighted by molar-refractivity contribution is 0.475. The van der Waals surface area contributed by atoms with Crippen molar-refractivity contribution in [3.05, 3.63) is 59.1 Å². The highest BCUT2D eigenvalue weighted by Gasteiger charge is 2.08. The molecule has 0 fully saturated rings. The van der Waals surface area contributed by atoms with Crippen LogP contribution in [0.2, 0.25) is 0 Å². The molecule has 0 radical (unpaired) electrons. The fourth-order valence-corrected chi connectivity index (χ4v) is 2.84. The maximum absolute atomic E-state index is 9.46. The van der Waals surface area contributed by atoms with Gasteiger partial charge in [-0.25, -0.2) is 4.98 Å². The Hall–Kier alpha value is -2.64. The monoisotopic (exact) mass is 278 g/mol. The van der Waals surface area contributed by atoms with Gasteiger partial charge in [-0.05, 0) is 35.9 Å². The van der Waals surface area contributed by atoms with Crippen molar-refractivity contribution < 1.29 is 5.11 Å². The molecule has 0 saturated carbocycles. The van der Waals surface area contributed by atoms with E-state index in [1.165, 1.54) is 11.3 Å². The van der Waals surface area contributed by atoms with Crippen LogP contribution >= 0.6 is 11.3 Å². The van der Waals surface area contributed by atoms with Gasteiger partial charge in [0.25, 0.3) is 0 Å². The van der Waals surface area contributed by atoms with E-state index in [4.69, 9.17) is 0 Å². The number of rotatable bonds is 2. The molecule has 0 spiro atoms. The third kappa shape index (κ3) is 2.40. The van der Waals surface area contributed by atoms with E-state index in [1.807, 2.05) is 30.3 Å². The lowest BCUT2D eigenvalue weighted by Crippen LogP contribution is -1.80. The summed E-state index contributed by atoms with van der Waals surface area (Å²) in [5.41, 5.74) is 2.17. The Bertz CT molecular complexity index is 810. The van der Waals surface area contributed by atoms with Crippen molar-refractivity contribution in [2.24, 2.45) is 0 Å². The number of hydrogen-bond acceptors (Lipinski definition) is 4. The van der Waals surface area contributed by atoms with E-state index >= 15 is 0 Å². The summed E-state index contributed by atoms with van der Waals surface area (Å²) >= 11 is 1.49. The van der Waals surface area contributed by atoms with Crippen LogP contribution in [-0.2, 0) is 0 Å². The first-order valence-corrected chi connectivity index (χ1v) is 6.85. The van der Waals surface area contributed by atoms with Crippen LogP contribution in [-0.4, -0.2) is 10.1 Å². The Balaban J connectivity index is 2.07. The minimum absolute atomic E-state index is 0.181. The third-order valence-corrected chi connectivity index (χ3v) is 3.90. The SMILES string of the molecule is N#C/C(=C/c1cccc(O)c1)c1nc2ccccc2s1. The zero-order chi connectivity index (χ0) is 13.9. The zero-order valence-corrected chi connectivity index (χ0v) is 11.3. The van der Waals surface area contributed by atoms with Crippen molar-refractivity contribution in [3.8, 4) is 11.8 Å². The second kappa shape index (κ2) is 5.16. The number of nitriles is 1. The molecular formula is C16H10N2OS. The topological polar surface area (TPSA) is 56.9 Å². The molecule has 3 aromatic rings. The molecule has 0 aliphatic rings. The number of nitrogens with zero attached hydrogens (tertiary/aromatic N) is 2. The van der Waals surface area contributed by atoms with Crippen molar-refractivity contribution in [2.45, 2.75) is 0 Å². The largest absolute Gasteiger partial charge is 0.508 e. The van der Waals surface area contributed by atoms with E-state index in [0.29, 0.717) is 10.6 Å². The molecule has 0 aliphatic carbocycles. The van der Waals surface area contributed by atoms with Crippen LogP contribution in [0.1, 0.15) is 10.6 Å². The standard InChI is InChI=1S/C16H10N2OS/c17-10-12(8-11-4-3-5-13(19)9-11)16-18-14-6-1-2-7-15(14)20-16/h1-9,19H/b12-8-. The Morgan fingerprint density at radius 2 is 2.05 bits per heavy atom. The highest BCUT2D eigenvalue weighted by molar-refractivity contribution is 7.19. The highest BCUT2D eigenvalue weighted by atomic mass is 32.1. The molecule has 0 unspecified atom stereocenters. The Kier molecular flexibility index (Phi) is 3.20. The summed E-state index contributed by atoms with van der Waals surface area (Å²) in [5, 5.41) is 19.5. The van der Waals surface area contributed by atoms with Gasteiger partial charge in [0.2, 0.25) is 0 Å². The molecule has 0 saturated heterocycles. The van der Waals surface area contributed by atoms with E-state index in [9.17, 15) is 10.4 Å². The summed E-state index contributed by atoms with van der Waals surface area (Å²) in [6.45, 7) is 0. The quantitative estimate of drug-likeness (QED) is 0.719. The number of para-hydroxylation sites is 1. The first kappa shape index (κ1) is 12.4. The van der Waals surface area contributed by atoms with E-state index in [1.54, 1.807) is 24.3 Å². The van der Waals surface area contributed by atoms with Crippen LogP contribution in [0.5, 0.6) is 5.75 Å². The van der Waals surface area contributed by atoms with Crippen LogP contribution in [0, 0.1) is 11.3 Å². The van der Waals surface area contributed by atoms with E-state index in [-0.39, 0.29) is 5.75 Å². The molecule has 2 aromatic carbocycles. The molecule has 96 valence electrons. The number of aromatic hydroxyl groups is 1. The van der Waals surface area contributed by atoms with Gasteiger partial charge in [-0.2, -0.15) is 5.26 Å². The molecule has 0 bridgehead atoms. The van der Waals surface area contributed by atoms with Crippen molar-refractivity contribution in [2.75, 3.05) is 0 Å². The summed E-state index contributed by atoms with van der Waals surface area (Å²) in [6, 6.07) is 16.8. The van der Waals surface area contributed by atoms with Crippen molar-refractivity contribution in [3.63, 3.8) is 0 Å². The van der Waals surface area contributed by atoms with E-state index in [2.05, 4.69) is 11.1 Å². The number of phenolic OH excluding ortho intramolecular Hbond substituents is 1. The van der Waals surface area contributed by atoms with Crippen LogP contribution in [0.4, 0.5) is 0 Å². The van der Waals surface area contributed by atoms with Gasteiger partial charge in [-0.3, -0.25) is 0 Å². The Labute approximate surface area is 120 Å². The van der Waals surface area contributed by atoms with Gasteiger partial charge in [-0.15, -0.1) is 11.3 Å². The molecule has 0 atom stereocenters. The predicted octanol–water partition coefficient (Wildman–Crippen LogP) is 4.07. The summed E-state index contributed by atoms with van der Waals surface area (Å²) in [6.07, 6.45) is 1.73. The smallest absolute Gasteiger partial charge is 0.135 e. The van der Waals surface area contributed by atoms with Gasteiger partial charge in [0.15, 0.2) is 0 Å². The minimum Gasteiger partial charge on any atom is -0.508 e.